The average molecular weight is 185 g/mol. The Morgan fingerprint density at radius 2 is 1.75 bits per heavy atom. The lowest BCUT2D eigenvalue weighted by Gasteiger charge is -1.79. The highest BCUT2D eigenvalue weighted by Gasteiger charge is 2.00. The first kappa shape index (κ1) is 13.3. The van der Waals surface area contributed by atoms with Crippen LogP contribution in [0.4, 0.5) is 17.6 Å². The molecule has 0 atom stereocenters. The Labute approximate surface area is 66.4 Å². The molecule has 70 valence electrons. The lowest BCUT2D eigenvalue weighted by molar-refractivity contribution is -0.113. The summed E-state index contributed by atoms with van der Waals surface area (Å²) < 4.78 is 43.1. The molecule has 0 bridgehead atoms. The molecule has 2 nitrogen and oxygen atoms in total. The molecule has 0 saturated heterocycles. The molecule has 0 spiro atoms. The zero-order chi connectivity index (χ0) is 10.1. The van der Waals surface area contributed by atoms with Crippen molar-refractivity contribution >= 4 is 5.91 Å². The third-order valence-corrected chi connectivity index (χ3v) is 0.524. The predicted molar refractivity (Wildman–Crippen MR) is 35.7 cm³/mol. The van der Waals surface area contributed by atoms with Crippen LogP contribution in [0.25, 0.3) is 0 Å². The van der Waals surface area contributed by atoms with Gasteiger partial charge in [-0.2, -0.15) is 8.78 Å². The summed E-state index contributed by atoms with van der Waals surface area (Å²) in [7, 11) is 0. The van der Waals surface area contributed by atoms with Crippen molar-refractivity contribution in [3.05, 3.63) is 24.6 Å². The van der Waals surface area contributed by atoms with Gasteiger partial charge in [0.25, 0.3) is 0 Å². The minimum atomic E-state index is -2.58. The first-order valence-corrected chi connectivity index (χ1v) is 2.63. The number of rotatable bonds is 2. The molecule has 1 amide bonds. The number of carbonyl (C=O) groups excluding carboxylic acids is 1. The van der Waals surface area contributed by atoms with E-state index in [0.29, 0.717) is 0 Å². The maximum absolute atomic E-state index is 11.0. The second-order valence-electron chi connectivity index (χ2n) is 1.41. The van der Waals surface area contributed by atoms with Crippen LogP contribution in [0, 0.1) is 0 Å². The Balaban J connectivity index is 0. The first-order chi connectivity index (χ1) is 5.45. The van der Waals surface area contributed by atoms with E-state index in [4.69, 9.17) is 0 Å². The molecule has 0 aromatic rings. The molecule has 0 rings (SSSR count). The van der Waals surface area contributed by atoms with E-state index in [1.807, 2.05) is 0 Å². The van der Waals surface area contributed by atoms with E-state index >= 15 is 0 Å². The zero-order valence-corrected chi connectivity index (χ0v) is 5.99. The van der Waals surface area contributed by atoms with Gasteiger partial charge in [-0.1, -0.05) is 6.58 Å². The van der Waals surface area contributed by atoms with Gasteiger partial charge in [-0.3, -0.25) is 4.79 Å². The fourth-order valence-corrected chi connectivity index (χ4v) is 0.0505. The van der Waals surface area contributed by atoms with Crippen LogP contribution in [-0.4, -0.2) is 12.6 Å². The van der Waals surface area contributed by atoms with Crippen LogP contribution in [-0.2, 0) is 4.79 Å². The van der Waals surface area contributed by atoms with Gasteiger partial charge in [0.05, 0.1) is 0 Å². The normalized spacial score (nSPS) is 7.67. The number of hydrogen-bond acceptors (Lipinski definition) is 1. The number of hydrogen-bond donors (Lipinski definition) is 1. The third kappa shape index (κ3) is 11.5. The van der Waals surface area contributed by atoms with Crippen molar-refractivity contribution in [1.29, 1.82) is 0 Å². The SMILES string of the molecule is C=CC(N)=O.FCC(F)=C(F)F. The van der Waals surface area contributed by atoms with Gasteiger partial charge in [0.2, 0.25) is 5.91 Å². The fraction of sp³-hybridized carbons (Fsp3) is 0.167. The number of nitrogens with two attached hydrogens (primary N) is 1. The van der Waals surface area contributed by atoms with Gasteiger partial charge in [0.1, 0.15) is 6.67 Å². The molecule has 0 aromatic heterocycles. The largest absolute Gasteiger partial charge is 0.366 e. The van der Waals surface area contributed by atoms with Gasteiger partial charge in [-0.05, 0) is 6.08 Å². The van der Waals surface area contributed by atoms with Crippen LogP contribution in [0.3, 0.4) is 0 Å². The Hall–Kier alpha value is -1.33. The number of alkyl halides is 1. The van der Waals surface area contributed by atoms with Crippen LogP contribution >= 0.6 is 0 Å². The van der Waals surface area contributed by atoms with E-state index < -0.39 is 24.5 Å². The summed E-state index contributed by atoms with van der Waals surface area (Å²) in [5.41, 5.74) is 4.53. The first-order valence-electron chi connectivity index (χ1n) is 2.63. The van der Waals surface area contributed by atoms with Gasteiger partial charge < -0.3 is 5.73 Å². The number of carbonyl (C=O) groups is 1. The summed E-state index contributed by atoms with van der Waals surface area (Å²) in [4.78, 5) is 9.47. The van der Waals surface area contributed by atoms with E-state index in [1.165, 1.54) is 0 Å². The quantitative estimate of drug-likeness (QED) is 0.516. The molecule has 0 radical (unpaired) electrons. The Kier molecular flexibility index (Phi) is 8.60. The molecule has 12 heavy (non-hydrogen) atoms. The van der Waals surface area contributed by atoms with Crippen molar-refractivity contribution < 1.29 is 22.4 Å². The molecule has 0 unspecified atom stereocenters. The molecule has 2 N–H and O–H groups in total. The standard InChI is InChI=1S/C3H2F4.C3H5NO/c4-1-2(5)3(6)7;1-2-3(4)5/h1H2;2H,1H2,(H2,4,5). The molecule has 0 saturated carbocycles. The zero-order valence-electron chi connectivity index (χ0n) is 5.99. The maximum Gasteiger partial charge on any atom is 0.304 e. The van der Waals surface area contributed by atoms with Crippen LogP contribution in [0.5, 0.6) is 0 Å². The van der Waals surface area contributed by atoms with Crippen molar-refractivity contribution in [2.24, 2.45) is 5.73 Å². The fourth-order valence-electron chi connectivity index (χ4n) is 0.0505. The number of allylic oxidation sites excluding steroid dienone is 1. The molecular weight excluding hydrogens is 178 g/mol. The van der Waals surface area contributed by atoms with Crippen molar-refractivity contribution in [2.75, 3.05) is 6.67 Å². The van der Waals surface area contributed by atoms with Gasteiger partial charge in [0.15, 0.2) is 5.83 Å². The average Bonchev–Trinajstić information content (AvgIpc) is 2.04. The van der Waals surface area contributed by atoms with Gasteiger partial charge in [-0.25, -0.2) is 8.78 Å². The smallest absolute Gasteiger partial charge is 0.304 e. The van der Waals surface area contributed by atoms with E-state index in [-0.39, 0.29) is 0 Å². The molecule has 0 heterocycles. The second-order valence-corrected chi connectivity index (χ2v) is 1.41. The lowest BCUT2D eigenvalue weighted by Crippen LogP contribution is -2.04. The number of halogens is 4. The van der Waals surface area contributed by atoms with E-state index in [2.05, 4.69) is 12.3 Å². The van der Waals surface area contributed by atoms with Gasteiger partial charge in [0, 0.05) is 0 Å². The molecule has 0 fully saturated rings. The van der Waals surface area contributed by atoms with Crippen molar-refractivity contribution in [3.63, 3.8) is 0 Å². The highest BCUT2D eigenvalue weighted by molar-refractivity contribution is 5.84. The van der Waals surface area contributed by atoms with Crippen molar-refractivity contribution in [3.8, 4) is 0 Å². The highest BCUT2D eigenvalue weighted by Crippen LogP contribution is 2.07. The van der Waals surface area contributed by atoms with Crippen molar-refractivity contribution in [1.82, 2.24) is 0 Å². The summed E-state index contributed by atoms with van der Waals surface area (Å²) in [6.07, 6.45) is -1.53. The Morgan fingerprint density at radius 3 is 1.75 bits per heavy atom. The topological polar surface area (TPSA) is 43.1 Å². The predicted octanol–water partition coefficient (Wildman–Crippen LogP) is 1.69. The molecule has 0 aromatic carbocycles. The van der Waals surface area contributed by atoms with Gasteiger partial charge in [-0.15, -0.1) is 0 Å². The Morgan fingerprint density at radius 1 is 1.42 bits per heavy atom. The van der Waals surface area contributed by atoms with E-state index in [9.17, 15) is 22.4 Å². The maximum atomic E-state index is 11.0. The van der Waals surface area contributed by atoms with Crippen LogP contribution in [0.2, 0.25) is 0 Å². The minimum absolute atomic E-state index is 0.481. The van der Waals surface area contributed by atoms with E-state index in [0.717, 1.165) is 6.08 Å². The number of primary amides is 1. The summed E-state index contributed by atoms with van der Waals surface area (Å²) in [5.74, 6) is -2.47. The molecular formula is C6H7F4NO. The summed E-state index contributed by atoms with van der Waals surface area (Å²) in [6, 6.07) is 0. The van der Waals surface area contributed by atoms with Crippen LogP contribution in [0.15, 0.2) is 24.6 Å². The molecule has 0 aliphatic heterocycles. The Bertz CT molecular complexity index is 186. The minimum Gasteiger partial charge on any atom is -0.366 e. The number of amides is 1. The third-order valence-electron chi connectivity index (χ3n) is 0.524. The second kappa shape index (κ2) is 7.77. The van der Waals surface area contributed by atoms with Crippen LogP contribution in [0.1, 0.15) is 0 Å². The highest BCUT2D eigenvalue weighted by atomic mass is 19.3. The lowest BCUT2D eigenvalue weighted by atomic mass is 10.6. The molecule has 6 heteroatoms. The van der Waals surface area contributed by atoms with E-state index in [1.54, 1.807) is 0 Å². The van der Waals surface area contributed by atoms with Crippen LogP contribution < -0.4 is 5.73 Å². The molecule has 0 aliphatic rings. The summed E-state index contributed by atoms with van der Waals surface area (Å²) in [5, 5.41) is 0. The summed E-state index contributed by atoms with van der Waals surface area (Å²) >= 11 is 0. The monoisotopic (exact) mass is 185 g/mol. The van der Waals surface area contributed by atoms with Gasteiger partial charge >= 0.3 is 6.08 Å². The summed E-state index contributed by atoms with van der Waals surface area (Å²) in [6.45, 7) is 1.37. The molecule has 0 aliphatic carbocycles. The van der Waals surface area contributed by atoms with Crippen molar-refractivity contribution in [2.45, 2.75) is 0 Å².